The van der Waals surface area contributed by atoms with Crippen molar-refractivity contribution in [2.24, 2.45) is 11.5 Å². The summed E-state index contributed by atoms with van der Waals surface area (Å²) in [6.45, 7) is 18.6. The lowest BCUT2D eigenvalue weighted by atomic mass is 10.1. The lowest BCUT2D eigenvalue weighted by Gasteiger charge is -2.11. The van der Waals surface area contributed by atoms with Crippen LogP contribution in [0.1, 0.15) is 99.6 Å². The molecule has 1 aliphatic rings. The van der Waals surface area contributed by atoms with Crippen molar-refractivity contribution < 1.29 is 38.9 Å². The molecular weight excluding hydrogens is 829 g/mol. The Hall–Kier alpha value is -6.01. The van der Waals surface area contributed by atoms with Crippen molar-refractivity contribution in [2.45, 2.75) is 58.8 Å². The van der Waals surface area contributed by atoms with E-state index in [0.717, 1.165) is 47.6 Å². The number of fused-ring (bicyclic) bond motifs is 1. The number of esters is 2. The number of amides is 2. The Morgan fingerprint density at radius 2 is 1.33 bits per heavy atom. The third kappa shape index (κ3) is 28.6. The number of hydrogen-bond donors (Lipinski definition) is 6. The molecule has 3 aromatic carbocycles. The molecule has 2 amide bonds. The van der Waals surface area contributed by atoms with Gasteiger partial charge in [-0.1, -0.05) is 78.9 Å². The normalized spacial score (nSPS) is 10.5. The number of aliphatic hydroxyl groups excluding tert-OH is 2. The number of nitrogen functional groups attached to an aromatic ring is 1. The zero-order chi connectivity index (χ0) is 48.5. The topological polar surface area (TPSA) is 208 Å². The quantitative estimate of drug-likeness (QED) is 0.00782. The first-order valence-electron chi connectivity index (χ1n) is 20.9. The molecular formula is C51H70N4O8S. The molecule has 64 heavy (non-hydrogen) atoms. The number of imide groups is 1. The number of carbonyl (C=O) groups is 4. The molecule has 0 saturated heterocycles. The van der Waals surface area contributed by atoms with Gasteiger partial charge < -0.3 is 36.9 Å². The molecule has 0 aromatic heterocycles. The molecule has 12 nitrogen and oxygen atoms in total. The Bertz CT molecular complexity index is 1840. The van der Waals surface area contributed by atoms with Gasteiger partial charge in [-0.2, -0.15) is 12.6 Å². The minimum atomic E-state index is -0.688. The number of unbranched alkanes of at least 4 members (excludes halogenated alkanes) is 4. The van der Waals surface area contributed by atoms with E-state index in [1.54, 1.807) is 6.08 Å². The minimum absolute atomic E-state index is 0.107. The van der Waals surface area contributed by atoms with E-state index in [-0.39, 0.29) is 55.2 Å². The summed E-state index contributed by atoms with van der Waals surface area (Å²) in [5.41, 5.74) is 21.1. The van der Waals surface area contributed by atoms with Gasteiger partial charge in [-0.25, -0.2) is 9.59 Å². The molecule has 8 N–H and O–H groups in total. The Kier molecular flexibility index (Phi) is 37.4. The highest BCUT2D eigenvalue weighted by Crippen LogP contribution is 2.24. The predicted octanol–water partition coefficient (Wildman–Crippen LogP) is 8.01. The summed E-state index contributed by atoms with van der Waals surface area (Å²) in [5, 5.41) is 16.2. The molecule has 13 heteroatoms. The summed E-state index contributed by atoms with van der Waals surface area (Å²) in [4.78, 5) is 48.5. The number of hydrogen-bond acceptors (Lipinski definition) is 12. The van der Waals surface area contributed by atoms with E-state index in [2.05, 4.69) is 88.2 Å². The number of aliphatic hydroxyl groups is 2. The van der Waals surface area contributed by atoms with Crippen molar-refractivity contribution in [1.82, 2.24) is 4.90 Å². The molecule has 0 saturated carbocycles. The van der Waals surface area contributed by atoms with E-state index in [1.807, 2.05) is 36.4 Å². The van der Waals surface area contributed by atoms with E-state index >= 15 is 0 Å². The lowest BCUT2D eigenvalue weighted by molar-refractivity contribution is -0.140. The van der Waals surface area contributed by atoms with Crippen molar-refractivity contribution in [3.05, 3.63) is 150 Å². The highest BCUT2D eigenvalue weighted by atomic mass is 32.1. The second-order valence-corrected chi connectivity index (χ2v) is 13.9. The maximum atomic E-state index is 12.2. The number of carbonyl (C=O) groups excluding carboxylic acids is 4. The number of aryl methyl sites for hydroxylation is 1. The average Bonchev–Trinajstić information content (AvgIpc) is 3.53. The fraction of sp³-hybridized carbons (Fsp3) is 0.333. The summed E-state index contributed by atoms with van der Waals surface area (Å²) in [5.74, 6) is 1.09. The van der Waals surface area contributed by atoms with Crippen LogP contribution in [0.15, 0.2) is 117 Å². The van der Waals surface area contributed by atoms with Crippen LogP contribution in [-0.4, -0.2) is 90.7 Å². The second kappa shape index (κ2) is 39.8. The first-order valence-corrected chi connectivity index (χ1v) is 21.5. The maximum absolute atomic E-state index is 12.2. The van der Waals surface area contributed by atoms with Gasteiger partial charge in [0.25, 0.3) is 11.8 Å². The zero-order valence-electron chi connectivity index (χ0n) is 37.7. The minimum Gasteiger partial charge on any atom is -0.459 e. The van der Waals surface area contributed by atoms with Crippen LogP contribution in [-0.2, 0) is 14.3 Å². The number of terminal acetylenes is 1. The number of benzene rings is 3. The van der Waals surface area contributed by atoms with Crippen molar-refractivity contribution in [1.29, 1.82) is 0 Å². The van der Waals surface area contributed by atoms with Crippen molar-refractivity contribution in [2.75, 3.05) is 57.5 Å². The summed E-state index contributed by atoms with van der Waals surface area (Å²) in [6.07, 6.45) is 21.5. The van der Waals surface area contributed by atoms with Crippen LogP contribution in [0.25, 0.3) is 12.2 Å². The van der Waals surface area contributed by atoms with Gasteiger partial charge in [0.15, 0.2) is 0 Å². The van der Waals surface area contributed by atoms with Crippen LogP contribution in [0, 0.1) is 19.3 Å². The van der Waals surface area contributed by atoms with Crippen LogP contribution in [0.4, 0.5) is 5.69 Å². The standard InChI is InChI=1S/C17H18N2O6.C15H15N.C6H12O.C6H12S.C4H6O.C3H7N/c1-10(2)16(22)24-7-8-25-17(23)11-3-4-12-13(9-11)15(21)19(6-5-18)14(12)20;1-12-2-4-13(5-3-12)6-7-14-8-10-15(16)11-9-14;2*1-2-3-4-5-6-7;1-2-3-4-5;1-2-3-4/h3-4,9H,1,5-8,18H2,2H3;2-11H,16H2,1H3;2*2,7H,1,3-6H2;1,5H,3-4H2;2H,1,3-4H2/b;7-6+;;;;. The smallest absolute Gasteiger partial charge is 0.338 e. The van der Waals surface area contributed by atoms with E-state index in [1.165, 1.54) is 49.1 Å². The highest BCUT2D eigenvalue weighted by Gasteiger charge is 2.35. The number of rotatable bonds is 19. The van der Waals surface area contributed by atoms with Gasteiger partial charge in [0, 0.05) is 43.9 Å². The molecule has 0 bridgehead atoms. The molecule has 348 valence electrons. The van der Waals surface area contributed by atoms with E-state index in [0.29, 0.717) is 19.6 Å². The average molecular weight is 899 g/mol. The Balaban J connectivity index is 0. The molecule has 0 unspecified atom stereocenters. The van der Waals surface area contributed by atoms with Gasteiger partial charge in [-0.05, 0) is 99.6 Å². The summed E-state index contributed by atoms with van der Waals surface area (Å²) >= 11 is 4.06. The van der Waals surface area contributed by atoms with Crippen LogP contribution >= 0.6 is 12.6 Å². The van der Waals surface area contributed by atoms with Gasteiger partial charge in [-0.15, -0.1) is 32.1 Å². The number of nitrogens with zero attached hydrogens (tertiary/aromatic N) is 1. The van der Waals surface area contributed by atoms with E-state index in [9.17, 15) is 19.2 Å². The van der Waals surface area contributed by atoms with Gasteiger partial charge in [0.1, 0.15) is 13.2 Å². The van der Waals surface area contributed by atoms with Crippen molar-refractivity contribution in [3.8, 4) is 12.3 Å². The molecule has 4 rings (SSSR count). The van der Waals surface area contributed by atoms with E-state index < -0.39 is 23.8 Å². The third-order valence-electron chi connectivity index (χ3n) is 7.99. The molecule has 0 radical (unpaired) electrons. The largest absolute Gasteiger partial charge is 0.459 e. The second-order valence-electron chi connectivity index (χ2n) is 13.5. The predicted molar refractivity (Wildman–Crippen MR) is 267 cm³/mol. The number of ether oxygens (including phenoxy) is 2. The number of anilines is 1. The van der Waals surface area contributed by atoms with Crippen molar-refractivity contribution in [3.63, 3.8) is 0 Å². The lowest BCUT2D eigenvalue weighted by Crippen LogP contribution is -2.34. The first-order chi connectivity index (χ1) is 30.8. The molecule has 0 fully saturated rings. The van der Waals surface area contributed by atoms with Gasteiger partial charge in [0.05, 0.1) is 23.3 Å². The monoisotopic (exact) mass is 898 g/mol. The molecule has 0 spiro atoms. The number of allylic oxidation sites excluding steroid dienone is 2. The van der Waals surface area contributed by atoms with E-state index in [4.69, 9.17) is 43.3 Å². The Labute approximate surface area is 387 Å². The first kappa shape index (κ1) is 60.1. The summed E-state index contributed by atoms with van der Waals surface area (Å²) < 4.78 is 9.78. The van der Waals surface area contributed by atoms with Crippen LogP contribution in [0.3, 0.4) is 0 Å². The fourth-order valence-electron chi connectivity index (χ4n) is 4.57. The molecule has 1 aliphatic heterocycles. The highest BCUT2D eigenvalue weighted by molar-refractivity contribution is 7.80. The third-order valence-corrected chi connectivity index (χ3v) is 8.31. The zero-order valence-corrected chi connectivity index (χ0v) is 38.6. The van der Waals surface area contributed by atoms with Gasteiger partial charge in [-0.3, -0.25) is 14.5 Å². The van der Waals surface area contributed by atoms with Gasteiger partial charge >= 0.3 is 11.9 Å². The number of nitrogens with two attached hydrogens (primary N) is 3. The molecule has 1 heterocycles. The summed E-state index contributed by atoms with van der Waals surface area (Å²) in [6, 6.07) is 20.4. The van der Waals surface area contributed by atoms with Crippen molar-refractivity contribution >= 4 is 54.2 Å². The van der Waals surface area contributed by atoms with Crippen LogP contribution in [0.2, 0.25) is 0 Å². The molecule has 3 aromatic rings. The summed E-state index contributed by atoms with van der Waals surface area (Å²) in [7, 11) is 0. The van der Waals surface area contributed by atoms with Crippen LogP contribution < -0.4 is 17.2 Å². The number of thiol groups is 1. The maximum Gasteiger partial charge on any atom is 0.338 e. The van der Waals surface area contributed by atoms with Crippen LogP contribution in [0.5, 0.6) is 0 Å². The molecule has 0 aliphatic carbocycles. The SMILES string of the molecule is C#CCCO.C=C(C)C(=O)OCCOC(=O)c1ccc2c(c1)C(=O)N(CCN)C2=O.C=CCCCCO.C=CCCCCS.C=CCN.Cc1ccc(/C=C/c2ccc(N)cc2)cc1. The molecule has 0 atom stereocenters. The fourth-order valence-corrected chi connectivity index (χ4v) is 4.79. The Morgan fingerprint density at radius 3 is 1.78 bits per heavy atom. The Morgan fingerprint density at radius 1 is 0.797 bits per heavy atom. The van der Waals surface area contributed by atoms with Gasteiger partial charge in [0.2, 0.25) is 0 Å².